The summed E-state index contributed by atoms with van der Waals surface area (Å²) in [6.07, 6.45) is 6.22. The number of carbonyl (C=O) groups is 1. The van der Waals surface area contributed by atoms with Crippen molar-refractivity contribution in [3.05, 3.63) is 0 Å². The molecule has 0 unspecified atom stereocenters. The molecule has 0 radical (unpaired) electrons. The Labute approximate surface area is 86.1 Å². The minimum Gasteiger partial charge on any atom is -0.481 e. The van der Waals surface area contributed by atoms with E-state index in [1.807, 2.05) is 0 Å². The molecule has 1 fully saturated rings. The predicted molar refractivity (Wildman–Crippen MR) is 56.4 cm³/mol. The summed E-state index contributed by atoms with van der Waals surface area (Å²) < 4.78 is 0. The largest absolute Gasteiger partial charge is 0.481 e. The van der Waals surface area contributed by atoms with Gasteiger partial charge >= 0.3 is 5.97 Å². The van der Waals surface area contributed by atoms with E-state index in [1.54, 1.807) is 0 Å². The minimum atomic E-state index is -0.670. The third-order valence-corrected chi connectivity index (χ3v) is 2.96. The van der Waals surface area contributed by atoms with E-state index in [1.165, 1.54) is 32.2 Å². The normalized spacial score (nSPS) is 22.8. The van der Waals surface area contributed by atoms with Crippen molar-refractivity contribution in [1.82, 2.24) is 4.90 Å². The van der Waals surface area contributed by atoms with Crippen LogP contribution >= 0.6 is 0 Å². The molecule has 1 N–H and O–H groups in total. The molecule has 1 aliphatic heterocycles. The van der Waals surface area contributed by atoms with E-state index >= 15 is 0 Å². The lowest BCUT2D eigenvalue weighted by atomic mass is 10.1. The van der Waals surface area contributed by atoms with Crippen molar-refractivity contribution in [2.45, 2.75) is 51.5 Å². The molecule has 0 aromatic rings. The number of carboxylic acid groups (broad SMARTS) is 1. The lowest BCUT2D eigenvalue weighted by Gasteiger charge is -2.23. The van der Waals surface area contributed by atoms with E-state index in [0.717, 1.165) is 19.0 Å². The fourth-order valence-electron chi connectivity index (χ4n) is 2.28. The van der Waals surface area contributed by atoms with Crippen molar-refractivity contribution in [2.75, 3.05) is 13.1 Å². The van der Waals surface area contributed by atoms with Gasteiger partial charge in [0.05, 0.1) is 0 Å². The predicted octanol–water partition coefficient (Wildman–Crippen LogP) is 2.12. The summed E-state index contributed by atoms with van der Waals surface area (Å²) in [4.78, 5) is 12.8. The van der Waals surface area contributed by atoms with E-state index in [4.69, 9.17) is 5.11 Å². The standard InChI is InChI=1S/C11H21NO2/c1-2-5-10-6-3-8-12(10)9-4-7-11(13)14/h10H,2-9H2,1H3,(H,13,14)/t10-/m0/s1. The first kappa shape index (κ1) is 11.5. The highest BCUT2D eigenvalue weighted by Gasteiger charge is 2.22. The molecule has 0 spiro atoms. The maximum absolute atomic E-state index is 10.4. The van der Waals surface area contributed by atoms with E-state index in [-0.39, 0.29) is 0 Å². The van der Waals surface area contributed by atoms with Crippen LogP contribution in [-0.4, -0.2) is 35.1 Å². The molecule has 14 heavy (non-hydrogen) atoms. The Morgan fingerprint density at radius 2 is 2.36 bits per heavy atom. The maximum Gasteiger partial charge on any atom is 0.303 e. The fourth-order valence-corrected chi connectivity index (χ4v) is 2.28. The first-order valence-electron chi connectivity index (χ1n) is 5.70. The number of nitrogens with zero attached hydrogens (tertiary/aromatic N) is 1. The van der Waals surface area contributed by atoms with Crippen LogP contribution in [0.15, 0.2) is 0 Å². The second kappa shape index (κ2) is 6.02. The zero-order valence-electron chi connectivity index (χ0n) is 9.04. The van der Waals surface area contributed by atoms with Crippen LogP contribution < -0.4 is 0 Å². The molecule has 0 aromatic heterocycles. The van der Waals surface area contributed by atoms with Crippen LogP contribution in [0.5, 0.6) is 0 Å². The summed E-state index contributed by atoms with van der Waals surface area (Å²) in [5.41, 5.74) is 0. The number of likely N-dealkylation sites (tertiary alicyclic amines) is 1. The van der Waals surface area contributed by atoms with Crippen LogP contribution in [-0.2, 0) is 4.79 Å². The van der Waals surface area contributed by atoms with Gasteiger partial charge in [0, 0.05) is 12.5 Å². The van der Waals surface area contributed by atoms with Crippen LogP contribution in [0.3, 0.4) is 0 Å². The molecule has 0 bridgehead atoms. The first-order chi connectivity index (χ1) is 6.74. The zero-order valence-corrected chi connectivity index (χ0v) is 9.04. The van der Waals surface area contributed by atoms with Crippen LogP contribution in [0.25, 0.3) is 0 Å². The number of carboxylic acids is 1. The Hall–Kier alpha value is -0.570. The van der Waals surface area contributed by atoms with Crippen molar-refractivity contribution in [2.24, 2.45) is 0 Å². The van der Waals surface area contributed by atoms with Crippen molar-refractivity contribution >= 4 is 5.97 Å². The molecule has 1 heterocycles. The van der Waals surface area contributed by atoms with Gasteiger partial charge in [-0.2, -0.15) is 0 Å². The van der Waals surface area contributed by atoms with Gasteiger partial charge in [0.15, 0.2) is 0 Å². The lowest BCUT2D eigenvalue weighted by molar-refractivity contribution is -0.137. The van der Waals surface area contributed by atoms with Crippen molar-refractivity contribution in [1.29, 1.82) is 0 Å². The van der Waals surface area contributed by atoms with Gasteiger partial charge in [0.1, 0.15) is 0 Å². The Balaban J connectivity index is 2.18. The molecule has 0 aromatic carbocycles. The summed E-state index contributed by atoms with van der Waals surface area (Å²) in [5.74, 6) is -0.670. The molecule has 0 saturated carbocycles. The molecule has 1 aliphatic rings. The van der Waals surface area contributed by atoms with Crippen LogP contribution in [0, 0.1) is 0 Å². The second-order valence-electron chi connectivity index (χ2n) is 4.12. The maximum atomic E-state index is 10.4. The average molecular weight is 199 g/mol. The summed E-state index contributed by atoms with van der Waals surface area (Å²) in [6, 6.07) is 0.730. The van der Waals surface area contributed by atoms with Gasteiger partial charge < -0.3 is 10.0 Å². The number of rotatable bonds is 6. The molecule has 1 rings (SSSR count). The monoisotopic (exact) mass is 199 g/mol. The molecule has 3 nitrogen and oxygen atoms in total. The van der Waals surface area contributed by atoms with Gasteiger partial charge in [0.2, 0.25) is 0 Å². The fraction of sp³-hybridized carbons (Fsp3) is 0.909. The van der Waals surface area contributed by atoms with Gasteiger partial charge in [-0.15, -0.1) is 0 Å². The van der Waals surface area contributed by atoms with E-state index in [9.17, 15) is 4.79 Å². The van der Waals surface area contributed by atoms with Crippen molar-refractivity contribution in [3.63, 3.8) is 0 Å². The topological polar surface area (TPSA) is 40.5 Å². The summed E-state index contributed by atoms with van der Waals surface area (Å²) in [6.45, 7) is 4.36. The van der Waals surface area contributed by atoms with E-state index < -0.39 is 5.97 Å². The van der Waals surface area contributed by atoms with Crippen LogP contribution in [0.2, 0.25) is 0 Å². The molecule has 82 valence electrons. The lowest BCUT2D eigenvalue weighted by Crippen LogP contribution is -2.30. The van der Waals surface area contributed by atoms with E-state index in [0.29, 0.717) is 6.42 Å². The second-order valence-corrected chi connectivity index (χ2v) is 4.12. The Morgan fingerprint density at radius 1 is 1.57 bits per heavy atom. The number of hydrogen-bond donors (Lipinski definition) is 1. The highest BCUT2D eigenvalue weighted by atomic mass is 16.4. The Morgan fingerprint density at radius 3 is 3.00 bits per heavy atom. The third-order valence-electron chi connectivity index (χ3n) is 2.96. The Kier molecular flexibility index (Phi) is 4.94. The summed E-state index contributed by atoms with van der Waals surface area (Å²) in [5, 5.41) is 8.54. The van der Waals surface area contributed by atoms with Gasteiger partial charge in [-0.3, -0.25) is 4.79 Å². The van der Waals surface area contributed by atoms with Gasteiger partial charge in [-0.05, 0) is 38.8 Å². The quantitative estimate of drug-likeness (QED) is 0.712. The van der Waals surface area contributed by atoms with Crippen molar-refractivity contribution in [3.8, 4) is 0 Å². The smallest absolute Gasteiger partial charge is 0.303 e. The molecule has 0 amide bonds. The summed E-state index contributed by atoms with van der Waals surface area (Å²) in [7, 11) is 0. The first-order valence-corrected chi connectivity index (χ1v) is 5.70. The van der Waals surface area contributed by atoms with Gasteiger partial charge in [-0.25, -0.2) is 0 Å². The molecular formula is C11H21NO2. The highest BCUT2D eigenvalue weighted by Crippen LogP contribution is 2.21. The number of hydrogen-bond acceptors (Lipinski definition) is 2. The minimum absolute atomic E-state index is 0.315. The molecule has 1 saturated heterocycles. The van der Waals surface area contributed by atoms with E-state index in [2.05, 4.69) is 11.8 Å². The summed E-state index contributed by atoms with van der Waals surface area (Å²) >= 11 is 0. The molecule has 0 aliphatic carbocycles. The number of aliphatic carboxylic acids is 1. The van der Waals surface area contributed by atoms with Gasteiger partial charge in [0.25, 0.3) is 0 Å². The van der Waals surface area contributed by atoms with Gasteiger partial charge in [-0.1, -0.05) is 13.3 Å². The zero-order chi connectivity index (χ0) is 10.4. The van der Waals surface area contributed by atoms with Crippen LogP contribution in [0.4, 0.5) is 0 Å². The molecule has 1 atom stereocenters. The Bertz CT molecular complexity index is 182. The van der Waals surface area contributed by atoms with Crippen molar-refractivity contribution < 1.29 is 9.90 Å². The third kappa shape index (κ3) is 3.66. The SMILES string of the molecule is CCC[C@H]1CCCN1CCCC(=O)O. The average Bonchev–Trinajstić information content (AvgIpc) is 2.53. The van der Waals surface area contributed by atoms with Crippen LogP contribution in [0.1, 0.15) is 45.4 Å². The molecular weight excluding hydrogens is 178 g/mol. The molecule has 3 heteroatoms. The highest BCUT2D eigenvalue weighted by molar-refractivity contribution is 5.66.